The molecule has 91 heavy (non-hydrogen) atoms. The summed E-state index contributed by atoms with van der Waals surface area (Å²) in [6.07, 6.45) is 3.92. The van der Waals surface area contributed by atoms with Gasteiger partial charge in [-0.3, -0.25) is 57.9 Å². The van der Waals surface area contributed by atoms with Crippen LogP contribution in [0.2, 0.25) is 0 Å². The van der Waals surface area contributed by atoms with Gasteiger partial charge in [-0.05, 0) is 112 Å². The van der Waals surface area contributed by atoms with Crippen LogP contribution in [0.1, 0.15) is 132 Å². The normalized spacial score (nSPS) is 16.0. The van der Waals surface area contributed by atoms with E-state index in [-0.39, 0.29) is 94.8 Å². The summed E-state index contributed by atoms with van der Waals surface area (Å²) in [6, 6.07) is -5.29. The van der Waals surface area contributed by atoms with Gasteiger partial charge in [0.1, 0.15) is 54.4 Å². The number of hydrogen-bond donors (Lipinski definition) is 16. The van der Waals surface area contributed by atoms with Crippen LogP contribution < -0.4 is 71.2 Å². The second kappa shape index (κ2) is 38.5. The molecule has 2 heterocycles. The molecule has 0 aliphatic carbocycles. The van der Waals surface area contributed by atoms with E-state index in [0.29, 0.717) is 24.2 Å². The monoisotopic (exact) mass is 1300 g/mol. The number of fused-ring (bicyclic) bond motifs is 1. The third kappa shape index (κ3) is 26.3. The number of H-pyrrole nitrogens is 1. The van der Waals surface area contributed by atoms with E-state index in [4.69, 9.17) is 33.8 Å². The van der Waals surface area contributed by atoms with Gasteiger partial charge in [0, 0.05) is 49.6 Å². The Balaban J connectivity index is 1.95. The first-order valence-corrected chi connectivity index (χ1v) is 32.3. The Morgan fingerprint density at radius 2 is 1.10 bits per heavy atom. The number of nitrogens with one attached hydrogen (secondary N) is 9. The van der Waals surface area contributed by atoms with Crippen molar-refractivity contribution < 1.29 is 63.0 Å². The molecule has 0 bridgehead atoms. The second-order valence-corrected chi connectivity index (χ2v) is 25.4. The summed E-state index contributed by atoms with van der Waals surface area (Å²) < 4.78 is 0. The average Bonchev–Trinajstić information content (AvgIpc) is 1.89. The van der Waals surface area contributed by atoms with Crippen molar-refractivity contribution in [2.75, 3.05) is 31.6 Å². The maximum atomic E-state index is 14.9. The summed E-state index contributed by atoms with van der Waals surface area (Å²) in [4.78, 5) is 164. The largest absolute Gasteiger partial charge is 0.481 e. The highest BCUT2D eigenvalue weighted by atomic mass is 32.2. The zero-order valence-electron chi connectivity index (χ0n) is 53.8. The molecule has 1 aliphatic rings. The number of aliphatic imine (C=N–C) groups is 2. The highest BCUT2D eigenvalue weighted by Gasteiger charge is 2.41. The Hall–Kier alpha value is -8.22. The lowest BCUT2D eigenvalue weighted by Gasteiger charge is -2.32. The van der Waals surface area contributed by atoms with E-state index in [1.165, 1.54) is 16.7 Å². The van der Waals surface area contributed by atoms with Crippen LogP contribution in [-0.2, 0) is 59.2 Å². The Kier molecular flexibility index (Phi) is 32.6. The Labute approximate surface area is 535 Å². The van der Waals surface area contributed by atoms with Gasteiger partial charge in [0.25, 0.3) is 0 Å². The molecular formula is C60H99N17O13S. The van der Waals surface area contributed by atoms with E-state index in [1.54, 1.807) is 46.2 Å². The van der Waals surface area contributed by atoms with Gasteiger partial charge in [-0.15, -0.1) is 0 Å². The van der Waals surface area contributed by atoms with Gasteiger partial charge in [-0.2, -0.15) is 11.8 Å². The van der Waals surface area contributed by atoms with Crippen molar-refractivity contribution in [3.8, 4) is 0 Å². The number of aliphatic carboxylic acids is 2. The Morgan fingerprint density at radius 3 is 1.65 bits per heavy atom. The van der Waals surface area contributed by atoms with Crippen molar-refractivity contribution in [3.63, 3.8) is 0 Å². The summed E-state index contributed by atoms with van der Waals surface area (Å²) in [5.41, 5.74) is 29.4. The quantitative estimate of drug-likeness (QED) is 0.0219. The number of likely N-dealkylation sites (tertiary alicyclic amines) is 1. The summed E-state index contributed by atoms with van der Waals surface area (Å²) in [5, 5.41) is 41.3. The zero-order valence-corrected chi connectivity index (χ0v) is 54.6. The van der Waals surface area contributed by atoms with E-state index in [2.05, 4.69) is 57.5 Å². The molecule has 0 saturated carbocycles. The molecule has 0 radical (unpaired) electrons. The summed E-state index contributed by atoms with van der Waals surface area (Å²) in [7, 11) is 0. The number of carboxylic acids is 2. The lowest BCUT2D eigenvalue weighted by Crippen LogP contribution is -2.61. The molecule has 0 unspecified atom stereocenters. The third-order valence-electron chi connectivity index (χ3n) is 15.1. The van der Waals surface area contributed by atoms with E-state index in [9.17, 15) is 57.8 Å². The second-order valence-electron chi connectivity index (χ2n) is 24.4. The number of guanidine groups is 2. The molecule has 10 atom stereocenters. The summed E-state index contributed by atoms with van der Waals surface area (Å²) in [5.74, 6) is -10.7. The lowest BCUT2D eigenvalue weighted by molar-refractivity contribution is -0.143. The molecule has 9 amide bonds. The molecule has 1 aromatic heterocycles. The minimum Gasteiger partial charge on any atom is -0.481 e. The van der Waals surface area contributed by atoms with Crippen molar-refractivity contribution in [1.82, 2.24) is 52.4 Å². The van der Waals surface area contributed by atoms with Crippen molar-refractivity contribution in [3.05, 3.63) is 36.0 Å². The number of carbonyl (C=O) groups is 11. The molecule has 508 valence electrons. The highest BCUT2D eigenvalue weighted by molar-refractivity contribution is 7.98. The van der Waals surface area contributed by atoms with E-state index >= 15 is 0 Å². The number of carboxylic acid groups (broad SMARTS) is 2. The number of para-hydroxylation sites is 1. The predicted molar refractivity (Wildman–Crippen MR) is 346 cm³/mol. The van der Waals surface area contributed by atoms with E-state index in [1.807, 2.05) is 45.9 Å². The molecule has 1 aliphatic heterocycles. The van der Waals surface area contributed by atoms with Crippen LogP contribution >= 0.6 is 11.8 Å². The molecule has 31 heteroatoms. The van der Waals surface area contributed by atoms with Crippen LogP contribution in [-0.4, -0.2) is 189 Å². The summed E-state index contributed by atoms with van der Waals surface area (Å²) in [6.45, 7) is 14.6. The fourth-order valence-electron chi connectivity index (χ4n) is 10.3. The number of rotatable bonds is 40. The van der Waals surface area contributed by atoms with Gasteiger partial charge in [-0.25, -0.2) is 4.79 Å². The fraction of sp³-hybridized carbons (Fsp3) is 0.650. The predicted octanol–water partition coefficient (Wildman–Crippen LogP) is -0.879. The molecule has 3 rings (SSSR count). The van der Waals surface area contributed by atoms with Gasteiger partial charge in [0.15, 0.2) is 11.9 Å². The maximum Gasteiger partial charge on any atom is 0.326 e. The molecular weight excluding hydrogens is 1200 g/mol. The standard InChI is InChI=1S/C60H99N17O13S/c1-31(2)27-42(73-54(85)45-19-14-25-77(45)57(88)44(28-32(3)4)74-56(87)47(33(5)6)75-49(80)37(61)16-12-23-66-59(62)63)52(83)72-43(29-35-30-68-38-17-11-10-15-36(35)38)53(84)76-48(34(7)8)55(86)70-39(18-13-24-67-60(64)65)50(81)69-40(22-26-91-9)51(82)71-41(58(89)90)20-21-46(78)79/h10-11,15,17,30-34,37,39-45,47-48,68H,12-14,16,18-29,61H2,1-9H3,(H,69,81)(H,70,86)(H,71,82)(H,72,83)(H,73,85)(H,74,87)(H,75,80)(H,76,84)(H,78,79)(H,89,90)(H4,62,63,66)(H4,64,65,67)/t37-,39-,40-,41-,42-,43-,44-,45-,47-,48-/m0/s1. The Bertz CT molecular complexity index is 2860. The number of aromatic nitrogens is 1. The number of nitrogens with two attached hydrogens (primary N) is 5. The van der Waals surface area contributed by atoms with Crippen LogP contribution in [0.15, 0.2) is 40.4 Å². The lowest BCUT2D eigenvalue weighted by atomic mass is 9.98. The first-order valence-electron chi connectivity index (χ1n) is 30.9. The number of nitrogens with zero attached hydrogens (tertiary/aromatic N) is 3. The van der Waals surface area contributed by atoms with Crippen molar-refractivity contribution >= 4 is 99.7 Å². The zero-order chi connectivity index (χ0) is 68.2. The fourth-order valence-corrected chi connectivity index (χ4v) is 10.7. The van der Waals surface area contributed by atoms with Crippen LogP contribution in [0.5, 0.6) is 0 Å². The van der Waals surface area contributed by atoms with Crippen molar-refractivity contribution in [1.29, 1.82) is 0 Å². The number of thioether (sulfide) groups is 1. The highest BCUT2D eigenvalue weighted by Crippen LogP contribution is 2.23. The van der Waals surface area contributed by atoms with E-state index < -0.39 is 150 Å². The van der Waals surface area contributed by atoms with Gasteiger partial charge in [0.2, 0.25) is 53.2 Å². The van der Waals surface area contributed by atoms with Gasteiger partial charge < -0.3 is 91.3 Å². The van der Waals surface area contributed by atoms with Crippen molar-refractivity contribution in [2.24, 2.45) is 62.3 Å². The number of hydrogen-bond acceptors (Lipinski definition) is 15. The van der Waals surface area contributed by atoms with Crippen LogP contribution in [0.4, 0.5) is 0 Å². The minimum absolute atomic E-state index is 0.0137. The van der Waals surface area contributed by atoms with Gasteiger partial charge >= 0.3 is 11.9 Å². The Morgan fingerprint density at radius 1 is 0.604 bits per heavy atom. The maximum absolute atomic E-state index is 14.9. The molecule has 1 fully saturated rings. The molecule has 30 nitrogen and oxygen atoms in total. The number of carbonyl (C=O) groups excluding carboxylic acids is 9. The number of aromatic amines is 1. The molecule has 2 aromatic rings. The molecule has 21 N–H and O–H groups in total. The number of amides is 9. The van der Waals surface area contributed by atoms with E-state index in [0.717, 1.165) is 10.9 Å². The van der Waals surface area contributed by atoms with Crippen molar-refractivity contribution in [2.45, 2.75) is 193 Å². The average molecular weight is 1300 g/mol. The van der Waals surface area contributed by atoms with Crippen LogP contribution in [0, 0.1) is 23.7 Å². The number of benzene rings is 1. The SMILES string of the molecule is CSCC[C@H](NC(=O)[C@H](CCCN=C(N)N)NC(=O)[C@@H](NC(=O)[C@H](Cc1c[nH]c2ccccc12)NC(=O)[C@H](CC(C)C)NC(=O)[C@@H]1CCCN1C(=O)[C@H](CC(C)C)NC(=O)[C@@H](NC(=O)[C@@H](N)CCCN=C(N)N)C(C)C)C(C)C)C(=O)N[C@@H](CCC(=O)O)C(=O)O. The van der Waals surface area contributed by atoms with Gasteiger partial charge in [0.05, 0.1) is 6.04 Å². The molecule has 1 aromatic carbocycles. The van der Waals surface area contributed by atoms with Crippen LogP contribution in [0.3, 0.4) is 0 Å². The first kappa shape index (κ1) is 77.0. The van der Waals surface area contributed by atoms with Crippen LogP contribution in [0.25, 0.3) is 10.9 Å². The first-order chi connectivity index (χ1) is 42.8. The summed E-state index contributed by atoms with van der Waals surface area (Å²) >= 11 is 1.33. The topological polar surface area (TPSA) is 498 Å². The molecule has 1 saturated heterocycles. The smallest absolute Gasteiger partial charge is 0.326 e. The third-order valence-corrected chi connectivity index (χ3v) is 15.8. The minimum atomic E-state index is -1.59. The molecule has 0 spiro atoms. The van der Waals surface area contributed by atoms with Gasteiger partial charge in [-0.1, -0.05) is 73.6 Å².